The lowest BCUT2D eigenvalue weighted by atomic mass is 10.2. The van der Waals surface area contributed by atoms with Crippen LogP contribution in [0.5, 0.6) is 0 Å². The van der Waals surface area contributed by atoms with Crippen LogP contribution in [-0.2, 0) is 6.18 Å². The van der Waals surface area contributed by atoms with E-state index in [0.717, 1.165) is 28.3 Å². The molecule has 0 N–H and O–H groups in total. The summed E-state index contributed by atoms with van der Waals surface area (Å²) in [4.78, 5) is 5.10. The molecule has 1 aliphatic carbocycles. The molecule has 0 bridgehead atoms. The summed E-state index contributed by atoms with van der Waals surface area (Å²) in [5, 5.41) is 13.7. The second-order valence-corrected chi connectivity index (χ2v) is 6.98. The van der Waals surface area contributed by atoms with E-state index in [1.54, 1.807) is 0 Å². The standard InChI is InChI=1S/C16H10F3N5OS/c17-16(18,19)12-6-9(8-3-4-8)20-13-7-10(23-24(12)13)14-21-22-15(25-14)11-2-1-5-26-11/h1-2,5-8H,3-4H2. The first-order valence-corrected chi connectivity index (χ1v) is 8.73. The van der Waals surface area contributed by atoms with Crippen LogP contribution in [0.1, 0.15) is 30.1 Å². The van der Waals surface area contributed by atoms with Gasteiger partial charge in [-0.2, -0.15) is 18.3 Å². The molecule has 0 spiro atoms. The van der Waals surface area contributed by atoms with Crippen molar-refractivity contribution in [2.45, 2.75) is 24.9 Å². The number of halogens is 3. The van der Waals surface area contributed by atoms with Gasteiger partial charge in [0.15, 0.2) is 11.3 Å². The quantitative estimate of drug-likeness (QED) is 0.529. The third-order valence-corrected chi connectivity index (χ3v) is 4.97. The van der Waals surface area contributed by atoms with Gasteiger partial charge in [0, 0.05) is 17.7 Å². The van der Waals surface area contributed by atoms with E-state index in [2.05, 4.69) is 20.3 Å². The van der Waals surface area contributed by atoms with Crippen LogP contribution in [0.25, 0.3) is 28.0 Å². The van der Waals surface area contributed by atoms with Crippen molar-refractivity contribution in [2.24, 2.45) is 0 Å². The highest BCUT2D eigenvalue weighted by Crippen LogP contribution is 2.41. The molecule has 0 aromatic carbocycles. The van der Waals surface area contributed by atoms with Crippen LogP contribution >= 0.6 is 11.3 Å². The molecule has 0 saturated heterocycles. The van der Waals surface area contributed by atoms with Crippen LogP contribution in [0.4, 0.5) is 13.2 Å². The molecule has 4 aromatic heterocycles. The van der Waals surface area contributed by atoms with Gasteiger partial charge in [-0.1, -0.05) is 6.07 Å². The van der Waals surface area contributed by atoms with Crippen molar-refractivity contribution in [1.82, 2.24) is 24.8 Å². The molecule has 6 nitrogen and oxygen atoms in total. The van der Waals surface area contributed by atoms with E-state index < -0.39 is 11.9 Å². The zero-order valence-corrected chi connectivity index (χ0v) is 13.9. The molecule has 1 fully saturated rings. The second-order valence-electron chi connectivity index (χ2n) is 6.03. The second kappa shape index (κ2) is 5.37. The van der Waals surface area contributed by atoms with E-state index in [1.165, 1.54) is 17.4 Å². The number of hydrogen-bond acceptors (Lipinski definition) is 6. The molecule has 5 rings (SSSR count). The molecule has 0 radical (unpaired) electrons. The summed E-state index contributed by atoms with van der Waals surface area (Å²) in [5.41, 5.74) is -0.131. The highest BCUT2D eigenvalue weighted by atomic mass is 32.1. The fourth-order valence-corrected chi connectivity index (χ4v) is 3.36. The zero-order chi connectivity index (χ0) is 17.9. The Hall–Kier alpha value is -2.75. The van der Waals surface area contributed by atoms with Gasteiger partial charge < -0.3 is 4.42 Å². The minimum absolute atomic E-state index is 0.0556. The molecule has 132 valence electrons. The lowest BCUT2D eigenvalue weighted by molar-refractivity contribution is -0.142. The minimum Gasteiger partial charge on any atom is -0.414 e. The molecule has 0 aliphatic heterocycles. The highest BCUT2D eigenvalue weighted by molar-refractivity contribution is 7.13. The number of rotatable bonds is 3. The maximum atomic E-state index is 13.4. The fraction of sp³-hybridized carbons (Fsp3) is 0.250. The van der Waals surface area contributed by atoms with E-state index in [9.17, 15) is 13.2 Å². The van der Waals surface area contributed by atoms with Gasteiger partial charge in [-0.3, -0.25) is 0 Å². The van der Waals surface area contributed by atoms with Crippen LogP contribution in [0, 0.1) is 0 Å². The van der Waals surface area contributed by atoms with E-state index in [1.807, 2.05) is 17.5 Å². The molecule has 4 heterocycles. The van der Waals surface area contributed by atoms with Crippen molar-refractivity contribution in [3.8, 4) is 22.4 Å². The summed E-state index contributed by atoms with van der Waals surface area (Å²) in [6, 6.07) is 6.17. The van der Waals surface area contributed by atoms with Crippen LogP contribution in [0.3, 0.4) is 0 Å². The first-order chi connectivity index (χ1) is 12.5. The Kier molecular flexibility index (Phi) is 3.20. The summed E-state index contributed by atoms with van der Waals surface area (Å²) in [5.74, 6) is 0.447. The molecule has 1 aliphatic rings. The molecule has 0 amide bonds. The predicted octanol–water partition coefficient (Wildman–Crippen LogP) is 4.40. The Morgan fingerprint density at radius 3 is 2.65 bits per heavy atom. The largest absolute Gasteiger partial charge is 0.433 e. The van der Waals surface area contributed by atoms with Crippen molar-refractivity contribution in [1.29, 1.82) is 0 Å². The van der Waals surface area contributed by atoms with Crippen molar-refractivity contribution in [2.75, 3.05) is 0 Å². The minimum atomic E-state index is -4.54. The molecule has 1 saturated carbocycles. The fourth-order valence-electron chi connectivity index (χ4n) is 2.72. The van der Waals surface area contributed by atoms with Gasteiger partial charge in [-0.15, -0.1) is 21.5 Å². The monoisotopic (exact) mass is 377 g/mol. The lowest BCUT2D eigenvalue weighted by Gasteiger charge is -2.10. The van der Waals surface area contributed by atoms with E-state index in [4.69, 9.17) is 4.42 Å². The third-order valence-electron chi connectivity index (χ3n) is 4.11. The average molecular weight is 377 g/mol. The Balaban J connectivity index is 1.63. The predicted molar refractivity (Wildman–Crippen MR) is 86.6 cm³/mol. The number of alkyl halides is 3. The van der Waals surface area contributed by atoms with Gasteiger partial charge in [0.2, 0.25) is 0 Å². The van der Waals surface area contributed by atoms with E-state index in [0.29, 0.717) is 11.6 Å². The van der Waals surface area contributed by atoms with Gasteiger partial charge in [-0.25, -0.2) is 9.50 Å². The third kappa shape index (κ3) is 2.57. The summed E-state index contributed by atoms with van der Waals surface area (Å²) in [7, 11) is 0. The normalized spacial score (nSPS) is 15.0. The molecular formula is C16H10F3N5OS. The smallest absolute Gasteiger partial charge is 0.414 e. The van der Waals surface area contributed by atoms with E-state index >= 15 is 0 Å². The molecule has 0 atom stereocenters. The highest BCUT2D eigenvalue weighted by Gasteiger charge is 2.37. The average Bonchev–Trinajstić information content (AvgIpc) is 3.04. The molecule has 0 unspecified atom stereocenters. The van der Waals surface area contributed by atoms with Crippen molar-refractivity contribution in [3.63, 3.8) is 0 Å². The molecule has 4 aromatic rings. The first kappa shape index (κ1) is 15.5. The summed E-state index contributed by atoms with van der Waals surface area (Å²) in [6.45, 7) is 0. The summed E-state index contributed by atoms with van der Waals surface area (Å²) in [6.07, 6.45) is -2.82. The van der Waals surface area contributed by atoms with Gasteiger partial charge in [0.05, 0.1) is 4.88 Å². The van der Waals surface area contributed by atoms with Crippen molar-refractivity contribution >= 4 is 17.0 Å². The Morgan fingerprint density at radius 2 is 1.96 bits per heavy atom. The molecule has 10 heteroatoms. The van der Waals surface area contributed by atoms with Crippen LogP contribution in [0.15, 0.2) is 34.1 Å². The molecule has 26 heavy (non-hydrogen) atoms. The van der Waals surface area contributed by atoms with Gasteiger partial charge in [0.1, 0.15) is 5.69 Å². The van der Waals surface area contributed by atoms with Crippen molar-refractivity contribution < 1.29 is 17.6 Å². The maximum absolute atomic E-state index is 13.4. The van der Waals surface area contributed by atoms with Crippen LogP contribution in [0.2, 0.25) is 0 Å². The van der Waals surface area contributed by atoms with E-state index in [-0.39, 0.29) is 23.1 Å². The van der Waals surface area contributed by atoms with Crippen molar-refractivity contribution in [3.05, 3.63) is 41.0 Å². The number of aromatic nitrogens is 5. The number of hydrogen-bond donors (Lipinski definition) is 0. The lowest BCUT2D eigenvalue weighted by Crippen LogP contribution is -2.14. The van der Waals surface area contributed by atoms with Crippen LogP contribution < -0.4 is 0 Å². The zero-order valence-electron chi connectivity index (χ0n) is 13.1. The topological polar surface area (TPSA) is 69.1 Å². The SMILES string of the molecule is FC(F)(F)c1cc(C2CC2)nc2cc(-c3nnc(-c4cccs4)o3)nn12. The number of fused-ring (bicyclic) bond motifs is 1. The Morgan fingerprint density at radius 1 is 1.15 bits per heavy atom. The van der Waals surface area contributed by atoms with Gasteiger partial charge >= 0.3 is 6.18 Å². The number of thiophene rings is 1. The summed E-state index contributed by atoms with van der Waals surface area (Å²) >= 11 is 1.42. The summed E-state index contributed by atoms with van der Waals surface area (Å²) < 4.78 is 46.7. The van der Waals surface area contributed by atoms with Crippen LogP contribution in [-0.4, -0.2) is 24.8 Å². The Labute approximate surface area is 148 Å². The molecular weight excluding hydrogens is 367 g/mol. The first-order valence-electron chi connectivity index (χ1n) is 7.85. The Bertz CT molecular complexity index is 1100. The maximum Gasteiger partial charge on any atom is 0.433 e. The van der Waals surface area contributed by atoms with Gasteiger partial charge in [-0.05, 0) is 30.4 Å². The van der Waals surface area contributed by atoms with Gasteiger partial charge in [0.25, 0.3) is 11.8 Å². The number of nitrogens with zero attached hydrogens (tertiary/aromatic N) is 5.